The van der Waals surface area contributed by atoms with Crippen LogP contribution < -0.4 is 0 Å². The van der Waals surface area contributed by atoms with Crippen LogP contribution in [0, 0.1) is 0 Å². The summed E-state index contributed by atoms with van der Waals surface area (Å²) in [4.78, 5) is 10.1. The third-order valence-electron chi connectivity index (χ3n) is 1.88. The molecule has 0 aromatic heterocycles. The van der Waals surface area contributed by atoms with Crippen LogP contribution in [-0.2, 0) is 4.79 Å². The number of aliphatic carboxylic acids is 1. The number of carboxylic acid groups (broad SMARTS) is 1. The van der Waals surface area contributed by atoms with Crippen LogP contribution in [0.5, 0.6) is 0 Å². The van der Waals surface area contributed by atoms with Crippen LogP contribution in [-0.4, -0.2) is 34.0 Å². The topological polar surface area (TPSA) is 77.8 Å². The van der Waals surface area contributed by atoms with Crippen molar-refractivity contribution in [3.05, 3.63) is 12.2 Å². The Morgan fingerprint density at radius 2 is 2.00 bits per heavy atom. The summed E-state index contributed by atoms with van der Waals surface area (Å²) in [5, 5.41) is 25.8. The van der Waals surface area contributed by atoms with Crippen molar-refractivity contribution in [2.75, 3.05) is 6.61 Å². The van der Waals surface area contributed by atoms with Gasteiger partial charge in [-0.05, 0) is 19.3 Å². The Labute approximate surface area is 83.9 Å². The number of hydrogen-bond donors (Lipinski definition) is 3. The van der Waals surface area contributed by atoms with Gasteiger partial charge in [-0.2, -0.15) is 0 Å². The summed E-state index contributed by atoms with van der Waals surface area (Å²) in [5.41, 5.74) is 0. The number of unbranched alkanes of at least 4 members (excludes halogenated alkanes) is 3. The molecular weight excluding hydrogens is 184 g/mol. The molecule has 0 bridgehead atoms. The van der Waals surface area contributed by atoms with Crippen LogP contribution in [0.3, 0.4) is 0 Å². The third-order valence-corrected chi connectivity index (χ3v) is 1.88. The Hall–Kier alpha value is -0.870. The predicted octanol–water partition coefficient (Wildman–Crippen LogP) is 0.931. The first-order valence-electron chi connectivity index (χ1n) is 4.85. The molecule has 3 N–H and O–H groups in total. The maximum Gasteiger partial charge on any atom is 0.327 e. The van der Waals surface area contributed by atoms with E-state index in [1.807, 2.05) is 0 Å². The average Bonchev–Trinajstić information content (AvgIpc) is 2.15. The highest BCUT2D eigenvalue weighted by Gasteiger charge is 1.99. The minimum Gasteiger partial charge on any atom is -0.478 e. The smallest absolute Gasteiger partial charge is 0.327 e. The standard InChI is InChI=1S/C10H18O4/c11-8-9(12)6-4-2-1-3-5-7-10(13)14/h5,7,9,11-12H,1-4,6,8H2,(H,13,14)/b7-5+/t9-/m1/s1. The maximum absolute atomic E-state index is 10.1. The molecule has 1 atom stereocenters. The van der Waals surface area contributed by atoms with Crippen molar-refractivity contribution < 1.29 is 20.1 Å². The fourth-order valence-corrected chi connectivity index (χ4v) is 1.09. The molecule has 0 radical (unpaired) electrons. The lowest BCUT2D eigenvalue weighted by molar-refractivity contribution is -0.131. The van der Waals surface area contributed by atoms with Crippen molar-refractivity contribution in [2.45, 2.75) is 38.2 Å². The van der Waals surface area contributed by atoms with Crippen LogP contribution in [0.2, 0.25) is 0 Å². The van der Waals surface area contributed by atoms with Crippen molar-refractivity contribution in [2.24, 2.45) is 0 Å². The number of allylic oxidation sites excluding steroid dienone is 1. The molecule has 0 saturated heterocycles. The van der Waals surface area contributed by atoms with Gasteiger partial charge in [-0.1, -0.05) is 18.9 Å². The Bertz CT molecular complexity index is 177. The van der Waals surface area contributed by atoms with Crippen LogP contribution in [0.15, 0.2) is 12.2 Å². The van der Waals surface area contributed by atoms with Crippen molar-refractivity contribution in [1.29, 1.82) is 0 Å². The van der Waals surface area contributed by atoms with E-state index in [1.54, 1.807) is 6.08 Å². The van der Waals surface area contributed by atoms with E-state index in [1.165, 1.54) is 0 Å². The van der Waals surface area contributed by atoms with E-state index < -0.39 is 12.1 Å². The zero-order valence-corrected chi connectivity index (χ0v) is 8.22. The molecule has 0 fully saturated rings. The first-order chi connectivity index (χ1) is 6.66. The van der Waals surface area contributed by atoms with Gasteiger partial charge in [0.25, 0.3) is 0 Å². The number of hydrogen-bond acceptors (Lipinski definition) is 3. The SMILES string of the molecule is O=C(O)/C=C/CCCCC[C@@H](O)CO. The lowest BCUT2D eigenvalue weighted by Crippen LogP contribution is -2.10. The normalized spacial score (nSPS) is 13.3. The van der Waals surface area contributed by atoms with Gasteiger partial charge in [-0.25, -0.2) is 4.79 Å². The number of carbonyl (C=O) groups is 1. The lowest BCUT2D eigenvalue weighted by atomic mass is 10.1. The first kappa shape index (κ1) is 13.1. The Balaban J connectivity index is 3.18. The van der Waals surface area contributed by atoms with Crippen LogP contribution in [0.4, 0.5) is 0 Å². The van der Waals surface area contributed by atoms with Gasteiger partial charge >= 0.3 is 5.97 Å². The van der Waals surface area contributed by atoms with Gasteiger partial charge in [0.05, 0.1) is 12.7 Å². The molecule has 0 aromatic rings. The van der Waals surface area contributed by atoms with E-state index >= 15 is 0 Å². The third kappa shape index (κ3) is 9.22. The van der Waals surface area contributed by atoms with Gasteiger partial charge in [0.2, 0.25) is 0 Å². The molecule has 0 heterocycles. The summed E-state index contributed by atoms with van der Waals surface area (Å²) in [6.45, 7) is -0.182. The van der Waals surface area contributed by atoms with Gasteiger partial charge in [-0.15, -0.1) is 0 Å². The number of aliphatic hydroxyl groups is 2. The number of aliphatic hydroxyl groups excluding tert-OH is 2. The monoisotopic (exact) mass is 202 g/mol. The second kappa shape index (κ2) is 8.72. The second-order valence-electron chi connectivity index (χ2n) is 3.22. The molecule has 0 saturated carbocycles. The summed E-state index contributed by atoms with van der Waals surface area (Å²) < 4.78 is 0. The molecule has 0 amide bonds. The van der Waals surface area contributed by atoms with E-state index in [4.69, 9.17) is 15.3 Å². The van der Waals surface area contributed by atoms with Crippen molar-refractivity contribution in [1.82, 2.24) is 0 Å². The van der Waals surface area contributed by atoms with E-state index in [2.05, 4.69) is 0 Å². The molecule has 0 unspecified atom stereocenters. The Morgan fingerprint density at radius 3 is 2.57 bits per heavy atom. The minimum atomic E-state index is -0.916. The fourth-order valence-electron chi connectivity index (χ4n) is 1.09. The molecule has 0 aliphatic heterocycles. The second-order valence-corrected chi connectivity index (χ2v) is 3.22. The largest absolute Gasteiger partial charge is 0.478 e. The van der Waals surface area contributed by atoms with E-state index in [-0.39, 0.29) is 6.61 Å². The average molecular weight is 202 g/mol. The van der Waals surface area contributed by atoms with Crippen LogP contribution >= 0.6 is 0 Å². The maximum atomic E-state index is 10.1. The van der Waals surface area contributed by atoms with Crippen LogP contribution in [0.1, 0.15) is 32.1 Å². The summed E-state index contributed by atoms with van der Waals surface area (Å²) in [6, 6.07) is 0. The van der Waals surface area contributed by atoms with Crippen molar-refractivity contribution in [3.8, 4) is 0 Å². The molecular formula is C10H18O4. The highest BCUT2D eigenvalue weighted by molar-refractivity contribution is 5.79. The summed E-state index contributed by atoms with van der Waals surface area (Å²) in [7, 11) is 0. The Kier molecular flexibility index (Phi) is 8.17. The van der Waals surface area contributed by atoms with Crippen molar-refractivity contribution >= 4 is 5.97 Å². The quantitative estimate of drug-likeness (QED) is 0.404. The van der Waals surface area contributed by atoms with E-state index in [9.17, 15) is 4.79 Å². The molecule has 0 rings (SSSR count). The molecule has 0 aromatic carbocycles. The van der Waals surface area contributed by atoms with Gasteiger partial charge in [-0.3, -0.25) is 0 Å². The molecule has 0 aliphatic rings. The molecule has 0 aliphatic carbocycles. The van der Waals surface area contributed by atoms with Gasteiger partial charge in [0, 0.05) is 6.08 Å². The summed E-state index contributed by atoms with van der Waals surface area (Å²) in [5.74, 6) is -0.916. The highest BCUT2D eigenvalue weighted by Crippen LogP contribution is 2.05. The predicted molar refractivity (Wildman–Crippen MR) is 53.0 cm³/mol. The van der Waals surface area contributed by atoms with Gasteiger partial charge < -0.3 is 15.3 Å². The van der Waals surface area contributed by atoms with Gasteiger partial charge in [0.1, 0.15) is 0 Å². The minimum absolute atomic E-state index is 0.182. The zero-order chi connectivity index (χ0) is 10.8. The number of rotatable bonds is 8. The molecule has 82 valence electrons. The van der Waals surface area contributed by atoms with E-state index in [0.29, 0.717) is 6.42 Å². The number of carboxylic acids is 1. The highest BCUT2D eigenvalue weighted by atomic mass is 16.4. The van der Waals surface area contributed by atoms with E-state index in [0.717, 1.165) is 31.8 Å². The Morgan fingerprint density at radius 1 is 1.29 bits per heavy atom. The molecule has 14 heavy (non-hydrogen) atoms. The zero-order valence-electron chi connectivity index (χ0n) is 8.22. The van der Waals surface area contributed by atoms with Crippen LogP contribution in [0.25, 0.3) is 0 Å². The van der Waals surface area contributed by atoms with Gasteiger partial charge in [0.15, 0.2) is 0 Å². The summed E-state index contributed by atoms with van der Waals surface area (Å²) >= 11 is 0. The van der Waals surface area contributed by atoms with Crippen molar-refractivity contribution in [3.63, 3.8) is 0 Å². The fraction of sp³-hybridized carbons (Fsp3) is 0.700. The molecule has 4 nitrogen and oxygen atoms in total. The molecule has 0 spiro atoms. The lowest BCUT2D eigenvalue weighted by Gasteiger charge is -2.05. The summed E-state index contributed by atoms with van der Waals surface area (Å²) in [6.07, 6.45) is 6.25. The molecule has 4 heteroatoms. The first-order valence-corrected chi connectivity index (χ1v) is 4.85.